The summed E-state index contributed by atoms with van der Waals surface area (Å²) < 4.78 is 19.9. The molecule has 0 saturated carbocycles. The number of aryl methyl sites for hydroxylation is 1. The second kappa shape index (κ2) is 9.82. The van der Waals surface area contributed by atoms with Gasteiger partial charge in [0, 0.05) is 31.3 Å². The summed E-state index contributed by atoms with van der Waals surface area (Å²) in [5.41, 5.74) is 2.00. The Labute approximate surface area is 168 Å². The van der Waals surface area contributed by atoms with Crippen molar-refractivity contribution in [3.63, 3.8) is 0 Å². The number of ether oxygens (including phenoxy) is 1. The molecule has 28 heavy (non-hydrogen) atoms. The van der Waals surface area contributed by atoms with E-state index in [4.69, 9.17) is 16.3 Å². The predicted molar refractivity (Wildman–Crippen MR) is 107 cm³/mol. The summed E-state index contributed by atoms with van der Waals surface area (Å²) in [4.78, 5) is 14.4. The fourth-order valence-electron chi connectivity index (χ4n) is 3.01. The number of morpholine rings is 1. The molecule has 1 fully saturated rings. The molecule has 0 radical (unpaired) electrons. The number of carbonyl (C=O) groups excluding carboxylic acids is 1. The van der Waals surface area contributed by atoms with Gasteiger partial charge in [-0.05, 0) is 50.2 Å². The number of hydrogen-bond acceptors (Lipinski definition) is 4. The predicted octanol–water partition coefficient (Wildman–Crippen LogP) is 2.82. The zero-order valence-electron chi connectivity index (χ0n) is 15.8. The Bertz CT molecular complexity index is 829. The fourth-order valence-corrected chi connectivity index (χ4v) is 3.35. The Kier molecular flexibility index (Phi) is 7.19. The zero-order chi connectivity index (χ0) is 19.9. The van der Waals surface area contributed by atoms with Crippen molar-refractivity contribution in [1.29, 1.82) is 0 Å². The Hall–Kier alpha value is -2.22. The summed E-state index contributed by atoms with van der Waals surface area (Å²) in [5, 5.41) is 7.63. The van der Waals surface area contributed by atoms with Gasteiger partial charge in [-0.15, -0.1) is 0 Å². The summed E-state index contributed by atoms with van der Waals surface area (Å²) >= 11 is 6.41. The van der Waals surface area contributed by atoms with Gasteiger partial charge in [0.2, 0.25) is 5.91 Å². The third kappa shape index (κ3) is 5.41. The van der Waals surface area contributed by atoms with Crippen molar-refractivity contribution in [2.45, 2.75) is 13.3 Å². The maximum absolute atomic E-state index is 13.1. The van der Waals surface area contributed by atoms with Crippen LogP contribution in [0.4, 0.5) is 4.39 Å². The van der Waals surface area contributed by atoms with E-state index in [0.29, 0.717) is 28.6 Å². The lowest BCUT2D eigenvalue weighted by Gasteiger charge is -2.26. The quantitative estimate of drug-likeness (QED) is 0.567. The van der Waals surface area contributed by atoms with Crippen LogP contribution in [0.25, 0.3) is 11.8 Å². The van der Waals surface area contributed by atoms with E-state index in [2.05, 4.69) is 15.3 Å². The van der Waals surface area contributed by atoms with Gasteiger partial charge in [-0.2, -0.15) is 5.10 Å². The van der Waals surface area contributed by atoms with Crippen LogP contribution in [0.1, 0.15) is 17.7 Å². The zero-order valence-corrected chi connectivity index (χ0v) is 16.6. The van der Waals surface area contributed by atoms with Crippen molar-refractivity contribution < 1.29 is 13.9 Å². The number of hydrogen-bond donors (Lipinski definition) is 1. The van der Waals surface area contributed by atoms with Gasteiger partial charge in [0.15, 0.2) is 0 Å². The lowest BCUT2D eigenvalue weighted by atomic mass is 10.2. The standard InChI is InChI=1S/C20H24ClFN4O2/c1-15-18(20(21)26(24-15)17-5-3-16(22)4-6-17)7-8-19(27)23-9-2-10-25-11-13-28-14-12-25/h3-8H,2,9-14H2,1H3,(H,23,27)/b8-7+. The highest BCUT2D eigenvalue weighted by atomic mass is 35.5. The van der Waals surface area contributed by atoms with Gasteiger partial charge >= 0.3 is 0 Å². The molecule has 0 spiro atoms. The molecule has 3 rings (SSSR count). The van der Waals surface area contributed by atoms with Crippen LogP contribution in [0.5, 0.6) is 0 Å². The smallest absolute Gasteiger partial charge is 0.244 e. The molecular weight excluding hydrogens is 383 g/mol. The first-order valence-corrected chi connectivity index (χ1v) is 9.69. The van der Waals surface area contributed by atoms with Crippen LogP contribution in [0.3, 0.4) is 0 Å². The minimum Gasteiger partial charge on any atom is -0.379 e. The van der Waals surface area contributed by atoms with Crippen LogP contribution < -0.4 is 5.32 Å². The Balaban J connectivity index is 1.53. The van der Waals surface area contributed by atoms with E-state index in [0.717, 1.165) is 39.3 Å². The van der Waals surface area contributed by atoms with E-state index in [1.54, 1.807) is 18.2 Å². The molecule has 1 aromatic heterocycles. The third-order valence-corrected chi connectivity index (χ3v) is 4.94. The summed E-state index contributed by atoms with van der Waals surface area (Å²) in [6, 6.07) is 5.90. The molecule has 6 nitrogen and oxygen atoms in total. The molecule has 8 heteroatoms. The Morgan fingerprint density at radius 3 is 2.75 bits per heavy atom. The number of nitrogens with one attached hydrogen (secondary N) is 1. The molecule has 0 bridgehead atoms. The molecule has 1 amide bonds. The first-order valence-electron chi connectivity index (χ1n) is 9.31. The molecule has 2 heterocycles. The van der Waals surface area contributed by atoms with E-state index < -0.39 is 0 Å². The normalized spacial score (nSPS) is 15.2. The van der Waals surface area contributed by atoms with Crippen molar-refractivity contribution in [3.8, 4) is 5.69 Å². The minimum atomic E-state index is -0.325. The Morgan fingerprint density at radius 1 is 1.32 bits per heavy atom. The monoisotopic (exact) mass is 406 g/mol. The van der Waals surface area contributed by atoms with Gasteiger partial charge in [0.1, 0.15) is 11.0 Å². The maximum atomic E-state index is 13.1. The average molecular weight is 407 g/mol. The number of carbonyl (C=O) groups is 1. The molecule has 150 valence electrons. The Morgan fingerprint density at radius 2 is 2.04 bits per heavy atom. The van der Waals surface area contributed by atoms with Crippen molar-refractivity contribution in [1.82, 2.24) is 20.0 Å². The SMILES string of the molecule is Cc1nn(-c2ccc(F)cc2)c(Cl)c1/C=C/C(=O)NCCCN1CCOCC1. The van der Waals surface area contributed by atoms with E-state index in [-0.39, 0.29) is 11.7 Å². The maximum Gasteiger partial charge on any atom is 0.244 e. The van der Waals surface area contributed by atoms with Crippen molar-refractivity contribution >= 4 is 23.6 Å². The second-order valence-electron chi connectivity index (χ2n) is 6.61. The lowest BCUT2D eigenvalue weighted by Crippen LogP contribution is -2.38. The summed E-state index contributed by atoms with van der Waals surface area (Å²) in [6.07, 6.45) is 4.00. The second-order valence-corrected chi connectivity index (χ2v) is 6.97. The minimum absolute atomic E-state index is 0.174. The van der Waals surface area contributed by atoms with E-state index in [1.807, 2.05) is 6.92 Å². The van der Waals surface area contributed by atoms with E-state index >= 15 is 0 Å². The fraction of sp³-hybridized carbons (Fsp3) is 0.400. The van der Waals surface area contributed by atoms with Gasteiger partial charge in [0.05, 0.1) is 24.6 Å². The van der Waals surface area contributed by atoms with Crippen molar-refractivity contribution in [3.05, 3.63) is 52.6 Å². The van der Waals surface area contributed by atoms with Crippen molar-refractivity contribution in [2.24, 2.45) is 0 Å². The summed E-state index contributed by atoms with van der Waals surface area (Å²) in [5.74, 6) is -0.499. The molecule has 1 aromatic carbocycles. The summed E-state index contributed by atoms with van der Waals surface area (Å²) in [7, 11) is 0. The summed E-state index contributed by atoms with van der Waals surface area (Å²) in [6.45, 7) is 6.82. The van der Waals surface area contributed by atoms with E-state index in [9.17, 15) is 9.18 Å². The number of benzene rings is 1. The van der Waals surface area contributed by atoms with Gasteiger partial charge in [-0.1, -0.05) is 11.6 Å². The van der Waals surface area contributed by atoms with Crippen molar-refractivity contribution in [2.75, 3.05) is 39.4 Å². The number of aromatic nitrogens is 2. The molecule has 1 aliphatic rings. The highest BCUT2D eigenvalue weighted by Gasteiger charge is 2.13. The van der Waals surface area contributed by atoms with Crippen LogP contribution >= 0.6 is 11.6 Å². The van der Waals surface area contributed by atoms with Crippen LogP contribution in [0.15, 0.2) is 30.3 Å². The highest BCUT2D eigenvalue weighted by Crippen LogP contribution is 2.24. The molecule has 2 aromatic rings. The van der Waals surface area contributed by atoms with Gasteiger partial charge in [-0.3, -0.25) is 9.69 Å². The number of amides is 1. The average Bonchev–Trinajstić information content (AvgIpc) is 2.99. The lowest BCUT2D eigenvalue weighted by molar-refractivity contribution is -0.116. The number of halogens is 2. The third-order valence-electron chi connectivity index (χ3n) is 4.57. The molecule has 0 unspecified atom stereocenters. The molecule has 1 aliphatic heterocycles. The van der Waals surface area contributed by atoms with Crippen LogP contribution in [-0.4, -0.2) is 60.0 Å². The largest absolute Gasteiger partial charge is 0.379 e. The molecular formula is C20H24ClFN4O2. The van der Waals surface area contributed by atoms with Crippen LogP contribution in [-0.2, 0) is 9.53 Å². The topological polar surface area (TPSA) is 59.4 Å². The van der Waals surface area contributed by atoms with Crippen LogP contribution in [0.2, 0.25) is 5.15 Å². The molecule has 0 aliphatic carbocycles. The highest BCUT2D eigenvalue weighted by molar-refractivity contribution is 6.31. The molecule has 1 N–H and O–H groups in total. The molecule has 1 saturated heterocycles. The van der Waals surface area contributed by atoms with Gasteiger partial charge < -0.3 is 10.1 Å². The number of rotatable bonds is 7. The first-order chi connectivity index (χ1) is 13.5. The number of nitrogens with zero attached hydrogens (tertiary/aromatic N) is 3. The molecule has 0 atom stereocenters. The van der Waals surface area contributed by atoms with Gasteiger partial charge in [-0.25, -0.2) is 9.07 Å². The van der Waals surface area contributed by atoms with E-state index in [1.165, 1.54) is 22.9 Å². The van der Waals surface area contributed by atoms with Crippen LogP contribution in [0, 0.1) is 12.7 Å². The first kappa shape index (κ1) is 20.5. The van der Waals surface area contributed by atoms with Gasteiger partial charge in [0.25, 0.3) is 0 Å².